The zero-order valence-electron chi connectivity index (χ0n) is 9.93. The number of rotatable bonds is 2. The van der Waals surface area contributed by atoms with Gasteiger partial charge in [-0.05, 0) is 35.5 Å². The van der Waals surface area contributed by atoms with E-state index in [1.54, 1.807) is 12.4 Å². The largest absolute Gasteiger partial charge is 0.337 e. The molecular formula is C11H16BrCl2N3O. The number of carbonyl (C=O) groups excluding carboxylic acids is 1. The average Bonchev–Trinajstić information content (AvgIpc) is 2.76. The van der Waals surface area contributed by atoms with E-state index in [4.69, 9.17) is 0 Å². The number of aromatic nitrogens is 1. The van der Waals surface area contributed by atoms with Crippen molar-refractivity contribution in [2.45, 2.75) is 12.5 Å². The highest BCUT2D eigenvalue weighted by Crippen LogP contribution is 2.15. The second kappa shape index (κ2) is 7.94. The highest BCUT2D eigenvalue weighted by atomic mass is 79.9. The van der Waals surface area contributed by atoms with Crippen LogP contribution in [0.3, 0.4) is 0 Å². The number of nitrogens with zero attached hydrogens (tertiary/aromatic N) is 2. The summed E-state index contributed by atoms with van der Waals surface area (Å²) >= 11 is 3.32. The van der Waals surface area contributed by atoms with E-state index in [9.17, 15) is 4.79 Å². The smallest absolute Gasteiger partial charge is 0.255 e. The molecule has 1 aromatic rings. The minimum absolute atomic E-state index is 0. The van der Waals surface area contributed by atoms with E-state index in [0.29, 0.717) is 11.6 Å². The van der Waals surface area contributed by atoms with Crippen LogP contribution in [0.2, 0.25) is 0 Å². The van der Waals surface area contributed by atoms with Gasteiger partial charge in [0.2, 0.25) is 0 Å². The number of likely N-dealkylation sites (N-methyl/N-ethyl adjacent to an activating group) is 1. The molecule has 4 nitrogen and oxygen atoms in total. The monoisotopic (exact) mass is 355 g/mol. The molecule has 1 atom stereocenters. The lowest BCUT2D eigenvalue weighted by Crippen LogP contribution is -2.33. The molecule has 2 rings (SSSR count). The van der Waals surface area contributed by atoms with Crippen molar-refractivity contribution in [2.75, 3.05) is 20.1 Å². The zero-order chi connectivity index (χ0) is 11.5. The molecule has 1 N–H and O–H groups in total. The highest BCUT2D eigenvalue weighted by molar-refractivity contribution is 9.10. The molecule has 102 valence electrons. The maximum Gasteiger partial charge on any atom is 0.255 e. The van der Waals surface area contributed by atoms with Crippen LogP contribution in [-0.2, 0) is 0 Å². The molecule has 18 heavy (non-hydrogen) atoms. The van der Waals surface area contributed by atoms with E-state index < -0.39 is 0 Å². The lowest BCUT2D eigenvalue weighted by molar-refractivity contribution is 0.0789. The van der Waals surface area contributed by atoms with Crippen LogP contribution in [0, 0.1) is 0 Å². The van der Waals surface area contributed by atoms with Crippen LogP contribution < -0.4 is 5.32 Å². The van der Waals surface area contributed by atoms with Crippen molar-refractivity contribution in [1.29, 1.82) is 0 Å². The Hall–Kier alpha value is -0.360. The van der Waals surface area contributed by atoms with Crippen molar-refractivity contribution >= 4 is 46.7 Å². The van der Waals surface area contributed by atoms with Gasteiger partial charge in [-0.1, -0.05) is 0 Å². The third kappa shape index (κ3) is 4.09. The van der Waals surface area contributed by atoms with Gasteiger partial charge in [0.1, 0.15) is 0 Å². The third-order valence-electron chi connectivity index (χ3n) is 2.84. The molecule has 1 fully saturated rings. The average molecular weight is 357 g/mol. The topological polar surface area (TPSA) is 45.2 Å². The predicted octanol–water partition coefficient (Wildman–Crippen LogP) is 2.12. The van der Waals surface area contributed by atoms with Crippen LogP contribution in [0.25, 0.3) is 0 Å². The Morgan fingerprint density at radius 1 is 1.50 bits per heavy atom. The van der Waals surface area contributed by atoms with Crippen LogP contribution in [-0.4, -0.2) is 42.0 Å². The van der Waals surface area contributed by atoms with Gasteiger partial charge in [-0.25, -0.2) is 0 Å². The summed E-state index contributed by atoms with van der Waals surface area (Å²) < 4.78 is 0.836. The fourth-order valence-electron chi connectivity index (χ4n) is 1.89. The molecule has 0 aliphatic carbocycles. The number of halogens is 3. The maximum atomic E-state index is 12.1. The lowest BCUT2D eigenvalue weighted by Gasteiger charge is -2.16. The Morgan fingerprint density at radius 2 is 2.22 bits per heavy atom. The second-order valence-corrected chi connectivity index (χ2v) is 4.83. The van der Waals surface area contributed by atoms with E-state index in [1.165, 1.54) is 0 Å². The Bertz CT molecular complexity index is 406. The van der Waals surface area contributed by atoms with Gasteiger partial charge in [-0.3, -0.25) is 9.78 Å². The zero-order valence-corrected chi connectivity index (χ0v) is 13.1. The number of hydrogen-bond donors (Lipinski definition) is 1. The van der Waals surface area contributed by atoms with Crippen molar-refractivity contribution in [3.05, 3.63) is 28.5 Å². The molecule has 0 bridgehead atoms. The molecule has 7 heteroatoms. The van der Waals surface area contributed by atoms with Gasteiger partial charge in [-0.15, -0.1) is 24.8 Å². The third-order valence-corrected chi connectivity index (χ3v) is 3.27. The van der Waals surface area contributed by atoms with Gasteiger partial charge >= 0.3 is 0 Å². The Morgan fingerprint density at radius 3 is 2.78 bits per heavy atom. The van der Waals surface area contributed by atoms with Crippen molar-refractivity contribution in [1.82, 2.24) is 15.2 Å². The molecule has 1 saturated heterocycles. The second-order valence-electron chi connectivity index (χ2n) is 3.92. The minimum Gasteiger partial charge on any atom is -0.337 e. The summed E-state index contributed by atoms with van der Waals surface area (Å²) in [6.07, 6.45) is 4.31. The number of hydrogen-bond acceptors (Lipinski definition) is 3. The number of likely N-dealkylation sites (tertiary alicyclic amines) is 1. The summed E-state index contributed by atoms with van der Waals surface area (Å²) in [5.74, 6) is 0.0616. The van der Waals surface area contributed by atoms with E-state index in [2.05, 4.69) is 26.2 Å². The van der Waals surface area contributed by atoms with E-state index >= 15 is 0 Å². The molecular weight excluding hydrogens is 341 g/mol. The fraction of sp³-hybridized carbons (Fsp3) is 0.455. The molecule has 1 aliphatic heterocycles. The molecule has 0 saturated carbocycles. The van der Waals surface area contributed by atoms with Crippen LogP contribution in [0.1, 0.15) is 16.8 Å². The number of carbonyl (C=O) groups is 1. The van der Waals surface area contributed by atoms with Crippen LogP contribution in [0.4, 0.5) is 0 Å². The minimum atomic E-state index is 0. The normalized spacial score (nSPS) is 17.9. The van der Waals surface area contributed by atoms with E-state index in [-0.39, 0.29) is 30.7 Å². The van der Waals surface area contributed by atoms with Crippen LogP contribution in [0.15, 0.2) is 22.9 Å². The molecule has 2 heterocycles. The fourth-order valence-corrected chi connectivity index (χ4v) is 2.26. The summed E-state index contributed by atoms with van der Waals surface area (Å²) in [5.41, 5.74) is 0.645. The van der Waals surface area contributed by atoms with Gasteiger partial charge in [0.15, 0.2) is 0 Å². The molecule has 1 aromatic heterocycles. The van der Waals surface area contributed by atoms with Crippen LogP contribution >= 0.6 is 40.7 Å². The van der Waals surface area contributed by atoms with Gasteiger partial charge in [0, 0.05) is 36.0 Å². The number of pyridine rings is 1. The van der Waals surface area contributed by atoms with Gasteiger partial charge in [0.05, 0.1) is 5.56 Å². The quantitative estimate of drug-likeness (QED) is 0.882. The summed E-state index contributed by atoms with van der Waals surface area (Å²) in [6.45, 7) is 1.60. The number of nitrogens with one attached hydrogen (secondary N) is 1. The Balaban J connectivity index is 0.00000144. The van der Waals surface area contributed by atoms with E-state index in [1.807, 2.05) is 18.0 Å². The first kappa shape index (κ1) is 17.6. The first-order valence-corrected chi connectivity index (χ1v) is 6.07. The molecule has 0 radical (unpaired) electrons. The molecule has 1 amide bonds. The Kier molecular flexibility index (Phi) is 7.78. The standard InChI is InChI=1S/C11H14BrN3O.2ClH/c1-13-10-2-3-15(7-10)11(16)8-4-9(12)6-14-5-8;;/h4-6,10,13H,2-3,7H2,1H3;2*1H. The SMILES string of the molecule is CNC1CCN(C(=O)c2cncc(Br)c2)C1.Cl.Cl. The van der Waals surface area contributed by atoms with Gasteiger partial charge in [-0.2, -0.15) is 0 Å². The van der Waals surface area contributed by atoms with E-state index in [0.717, 1.165) is 24.0 Å². The summed E-state index contributed by atoms with van der Waals surface area (Å²) in [6, 6.07) is 2.23. The molecule has 1 aliphatic rings. The molecule has 1 unspecified atom stereocenters. The first-order valence-electron chi connectivity index (χ1n) is 5.28. The molecule has 0 aromatic carbocycles. The summed E-state index contributed by atoms with van der Waals surface area (Å²) in [7, 11) is 1.93. The molecule has 0 spiro atoms. The summed E-state index contributed by atoms with van der Waals surface area (Å²) in [5, 5.41) is 3.19. The summed E-state index contributed by atoms with van der Waals surface area (Å²) in [4.78, 5) is 18.0. The van der Waals surface area contributed by atoms with Crippen molar-refractivity contribution in [3.8, 4) is 0 Å². The number of amides is 1. The van der Waals surface area contributed by atoms with Crippen LogP contribution in [0.5, 0.6) is 0 Å². The van der Waals surface area contributed by atoms with Crippen molar-refractivity contribution in [3.63, 3.8) is 0 Å². The van der Waals surface area contributed by atoms with Crippen molar-refractivity contribution in [2.24, 2.45) is 0 Å². The predicted molar refractivity (Wildman–Crippen MR) is 79.8 cm³/mol. The van der Waals surface area contributed by atoms with Gasteiger partial charge in [0.25, 0.3) is 5.91 Å². The van der Waals surface area contributed by atoms with Crippen molar-refractivity contribution < 1.29 is 4.79 Å². The highest BCUT2D eigenvalue weighted by Gasteiger charge is 2.25. The maximum absolute atomic E-state index is 12.1. The Labute approximate surface area is 127 Å². The first-order chi connectivity index (χ1) is 7.70. The lowest BCUT2D eigenvalue weighted by atomic mass is 10.2. The van der Waals surface area contributed by atoms with Gasteiger partial charge < -0.3 is 10.2 Å².